The lowest BCUT2D eigenvalue weighted by Gasteiger charge is -2.18. The fourth-order valence-corrected chi connectivity index (χ4v) is 5.05. The maximum Gasteiger partial charge on any atom is 0.255 e. The normalized spacial score (nSPS) is 26.9. The summed E-state index contributed by atoms with van der Waals surface area (Å²) in [7, 11) is 0. The fourth-order valence-electron chi connectivity index (χ4n) is 4.88. The van der Waals surface area contributed by atoms with Crippen molar-refractivity contribution >= 4 is 40.7 Å². The first kappa shape index (κ1) is 18.1. The zero-order valence-electron chi connectivity index (χ0n) is 15.8. The Morgan fingerprint density at radius 2 is 1.69 bits per heavy atom. The van der Waals surface area contributed by atoms with Crippen molar-refractivity contribution in [3.05, 3.63) is 70.8 Å². The van der Waals surface area contributed by atoms with E-state index < -0.39 is 0 Å². The Balaban J connectivity index is 1.42. The van der Waals surface area contributed by atoms with Gasteiger partial charge in [-0.2, -0.15) is 0 Å². The molecule has 3 amide bonds. The van der Waals surface area contributed by atoms with Gasteiger partial charge in [0.2, 0.25) is 11.8 Å². The number of benzene rings is 2. The highest BCUT2D eigenvalue weighted by Crippen LogP contribution is 2.53. The van der Waals surface area contributed by atoms with E-state index in [0.29, 0.717) is 22.0 Å². The Kier molecular flexibility index (Phi) is 4.10. The standard InChI is InChI=1S/C23H19ClN2O3/c1-12-17(24)6-3-7-18(12)25-21(27)15-4-2-5-16(11-15)26-22(28)19-13-8-9-14(10-13)20(19)23(26)29/h2-9,11,13-14,19-20H,10H2,1H3,(H,25,27)/t13-,14-,19-,20-/m0/s1. The van der Waals surface area contributed by atoms with Crippen LogP contribution in [0.15, 0.2) is 54.6 Å². The minimum atomic E-state index is -0.321. The van der Waals surface area contributed by atoms with Gasteiger partial charge in [-0.3, -0.25) is 14.4 Å². The summed E-state index contributed by atoms with van der Waals surface area (Å²) in [5, 5.41) is 3.42. The van der Waals surface area contributed by atoms with Crippen molar-refractivity contribution in [2.75, 3.05) is 10.2 Å². The second kappa shape index (κ2) is 6.56. The number of rotatable bonds is 3. The van der Waals surface area contributed by atoms with Crippen molar-refractivity contribution in [1.29, 1.82) is 0 Å². The highest BCUT2D eigenvalue weighted by Gasteiger charge is 2.59. The maximum absolute atomic E-state index is 13.0. The minimum absolute atomic E-state index is 0.153. The van der Waals surface area contributed by atoms with Gasteiger partial charge in [0.25, 0.3) is 5.91 Å². The molecule has 29 heavy (non-hydrogen) atoms. The van der Waals surface area contributed by atoms with Gasteiger partial charge in [0.05, 0.1) is 17.5 Å². The quantitative estimate of drug-likeness (QED) is 0.613. The molecule has 146 valence electrons. The van der Waals surface area contributed by atoms with Gasteiger partial charge in [0.15, 0.2) is 0 Å². The molecule has 5 rings (SSSR count). The summed E-state index contributed by atoms with van der Waals surface area (Å²) < 4.78 is 0. The summed E-state index contributed by atoms with van der Waals surface area (Å²) in [6.07, 6.45) is 5.03. The molecule has 2 bridgehead atoms. The van der Waals surface area contributed by atoms with Crippen LogP contribution in [0.25, 0.3) is 0 Å². The molecule has 0 aromatic heterocycles. The molecule has 0 spiro atoms. The predicted octanol–water partition coefficient (Wildman–Crippen LogP) is 4.21. The van der Waals surface area contributed by atoms with Gasteiger partial charge < -0.3 is 5.32 Å². The van der Waals surface area contributed by atoms with Crippen molar-refractivity contribution in [2.45, 2.75) is 13.3 Å². The molecule has 2 fully saturated rings. The van der Waals surface area contributed by atoms with Gasteiger partial charge in [-0.25, -0.2) is 4.90 Å². The third kappa shape index (κ3) is 2.72. The van der Waals surface area contributed by atoms with Crippen molar-refractivity contribution in [2.24, 2.45) is 23.7 Å². The average molecular weight is 407 g/mol. The zero-order chi connectivity index (χ0) is 20.3. The summed E-state index contributed by atoms with van der Waals surface area (Å²) in [4.78, 5) is 40.0. The van der Waals surface area contributed by atoms with E-state index in [0.717, 1.165) is 12.0 Å². The summed E-state index contributed by atoms with van der Waals surface area (Å²) >= 11 is 6.12. The number of amides is 3. The first-order valence-electron chi connectivity index (χ1n) is 9.68. The highest BCUT2D eigenvalue weighted by atomic mass is 35.5. The summed E-state index contributed by atoms with van der Waals surface area (Å²) in [6.45, 7) is 1.83. The monoisotopic (exact) mass is 406 g/mol. The van der Waals surface area contributed by atoms with E-state index in [1.165, 1.54) is 4.90 Å². The van der Waals surface area contributed by atoms with E-state index in [1.807, 2.05) is 6.92 Å². The Bertz CT molecular complexity index is 1060. The molecule has 6 heteroatoms. The molecule has 1 aliphatic heterocycles. The molecular formula is C23H19ClN2O3. The summed E-state index contributed by atoms with van der Waals surface area (Å²) in [5.74, 6) is -0.834. The van der Waals surface area contributed by atoms with Gasteiger partial charge in [-0.15, -0.1) is 0 Å². The van der Waals surface area contributed by atoms with Crippen LogP contribution < -0.4 is 10.2 Å². The molecule has 1 heterocycles. The third-order valence-electron chi connectivity index (χ3n) is 6.35. The fraction of sp³-hybridized carbons (Fsp3) is 0.261. The lowest BCUT2D eigenvalue weighted by molar-refractivity contribution is -0.123. The second-order valence-corrected chi connectivity index (χ2v) is 8.34. The molecule has 1 saturated carbocycles. The van der Waals surface area contributed by atoms with E-state index in [9.17, 15) is 14.4 Å². The summed E-state index contributed by atoms with van der Waals surface area (Å²) in [5.41, 5.74) is 2.22. The Morgan fingerprint density at radius 3 is 2.38 bits per heavy atom. The largest absolute Gasteiger partial charge is 0.322 e. The molecule has 2 aromatic rings. The van der Waals surface area contributed by atoms with Crippen LogP contribution in [0.4, 0.5) is 11.4 Å². The maximum atomic E-state index is 13.0. The van der Waals surface area contributed by atoms with E-state index in [-0.39, 0.29) is 41.4 Å². The number of hydrogen-bond donors (Lipinski definition) is 1. The van der Waals surface area contributed by atoms with E-state index >= 15 is 0 Å². The SMILES string of the molecule is Cc1c(Cl)cccc1NC(=O)c1cccc(N2C(=O)[C@@H]3[C@@H](C2=O)[C@H]2C=C[C@H]3C2)c1. The summed E-state index contributed by atoms with van der Waals surface area (Å²) in [6, 6.07) is 12.0. The van der Waals surface area contributed by atoms with Gasteiger partial charge >= 0.3 is 0 Å². The molecular weight excluding hydrogens is 388 g/mol. The van der Waals surface area contributed by atoms with Crippen LogP contribution in [0.2, 0.25) is 5.02 Å². The Hall–Kier alpha value is -2.92. The van der Waals surface area contributed by atoms with Crippen LogP contribution in [-0.2, 0) is 9.59 Å². The molecule has 4 atom stereocenters. The van der Waals surface area contributed by atoms with Crippen molar-refractivity contribution < 1.29 is 14.4 Å². The predicted molar refractivity (Wildman–Crippen MR) is 111 cm³/mol. The number of nitrogens with zero attached hydrogens (tertiary/aromatic N) is 1. The van der Waals surface area contributed by atoms with Gasteiger partial charge in [0, 0.05) is 16.3 Å². The molecule has 2 aromatic carbocycles. The van der Waals surface area contributed by atoms with Crippen molar-refractivity contribution in [3.8, 4) is 0 Å². The van der Waals surface area contributed by atoms with Gasteiger partial charge in [0.1, 0.15) is 0 Å². The number of carbonyl (C=O) groups excluding carboxylic acids is 3. The first-order chi connectivity index (χ1) is 14.0. The van der Waals surface area contributed by atoms with E-state index in [4.69, 9.17) is 11.6 Å². The molecule has 1 N–H and O–H groups in total. The lowest BCUT2D eigenvalue weighted by Crippen LogP contribution is -2.33. The second-order valence-electron chi connectivity index (χ2n) is 7.93. The van der Waals surface area contributed by atoms with Crippen LogP contribution in [-0.4, -0.2) is 17.7 Å². The number of hydrogen-bond acceptors (Lipinski definition) is 3. The Labute approximate surface area is 173 Å². The number of nitrogens with one attached hydrogen (secondary N) is 1. The van der Waals surface area contributed by atoms with Crippen LogP contribution in [0.1, 0.15) is 22.3 Å². The molecule has 1 saturated heterocycles. The molecule has 0 unspecified atom stereocenters. The van der Waals surface area contributed by atoms with E-state index in [1.54, 1.807) is 42.5 Å². The molecule has 3 aliphatic rings. The Morgan fingerprint density at radius 1 is 1.03 bits per heavy atom. The third-order valence-corrected chi connectivity index (χ3v) is 6.76. The number of fused-ring (bicyclic) bond motifs is 5. The average Bonchev–Trinajstić information content (AvgIpc) is 3.39. The highest BCUT2D eigenvalue weighted by molar-refractivity contribution is 6.31. The van der Waals surface area contributed by atoms with Crippen LogP contribution in [0.5, 0.6) is 0 Å². The van der Waals surface area contributed by atoms with Crippen LogP contribution in [0.3, 0.4) is 0 Å². The molecule has 2 aliphatic carbocycles. The lowest BCUT2D eigenvalue weighted by atomic mass is 9.85. The first-order valence-corrected chi connectivity index (χ1v) is 10.1. The smallest absolute Gasteiger partial charge is 0.255 e. The number of carbonyl (C=O) groups is 3. The van der Waals surface area contributed by atoms with Gasteiger partial charge in [-0.05, 0) is 61.1 Å². The molecule has 0 radical (unpaired) electrons. The minimum Gasteiger partial charge on any atom is -0.322 e. The number of anilines is 2. The van der Waals surface area contributed by atoms with Crippen LogP contribution >= 0.6 is 11.6 Å². The molecule has 5 nitrogen and oxygen atoms in total. The number of allylic oxidation sites excluding steroid dienone is 2. The topological polar surface area (TPSA) is 66.5 Å². The van der Waals surface area contributed by atoms with Crippen molar-refractivity contribution in [3.63, 3.8) is 0 Å². The number of halogens is 1. The number of imide groups is 1. The van der Waals surface area contributed by atoms with Crippen molar-refractivity contribution in [1.82, 2.24) is 0 Å². The van der Waals surface area contributed by atoms with Crippen LogP contribution in [0, 0.1) is 30.6 Å². The zero-order valence-corrected chi connectivity index (χ0v) is 16.5. The van der Waals surface area contributed by atoms with E-state index in [2.05, 4.69) is 17.5 Å². The van der Waals surface area contributed by atoms with Gasteiger partial charge in [-0.1, -0.05) is 35.9 Å².